The number of carbonyl (C=O) groups excluding carboxylic acids is 1. The van der Waals surface area contributed by atoms with E-state index in [4.69, 9.17) is 0 Å². The second-order valence-corrected chi connectivity index (χ2v) is 7.20. The summed E-state index contributed by atoms with van der Waals surface area (Å²) in [5.41, 5.74) is 4.32. The summed E-state index contributed by atoms with van der Waals surface area (Å²) in [6.45, 7) is 2.72. The zero-order valence-electron chi connectivity index (χ0n) is 16.4. The standard InChI is InChI=1S/C23H19N5O2/c1-16-15-18(26-13-11-22(26)30)7-8-19(16)27-14-10-21(29)23(25-27)20-9-12-24-28(20)17-5-3-2-4-6-17/h2-10,12,14-15H,11,13H2,1H3. The van der Waals surface area contributed by atoms with E-state index in [9.17, 15) is 9.59 Å². The van der Waals surface area contributed by atoms with Crippen LogP contribution in [-0.4, -0.2) is 32.0 Å². The van der Waals surface area contributed by atoms with Gasteiger partial charge in [-0.3, -0.25) is 9.59 Å². The van der Waals surface area contributed by atoms with E-state index in [2.05, 4.69) is 10.2 Å². The van der Waals surface area contributed by atoms with Crippen molar-refractivity contribution in [3.63, 3.8) is 0 Å². The monoisotopic (exact) mass is 397 g/mol. The maximum absolute atomic E-state index is 12.6. The maximum Gasteiger partial charge on any atom is 0.228 e. The van der Waals surface area contributed by atoms with Gasteiger partial charge in [0, 0.05) is 30.9 Å². The van der Waals surface area contributed by atoms with Gasteiger partial charge in [0.2, 0.25) is 11.3 Å². The Bertz CT molecular complexity index is 1310. The predicted molar refractivity (Wildman–Crippen MR) is 114 cm³/mol. The van der Waals surface area contributed by atoms with E-state index in [0.717, 1.165) is 29.2 Å². The fraction of sp³-hybridized carbons (Fsp3) is 0.130. The molecule has 1 amide bonds. The molecule has 1 aliphatic rings. The molecule has 1 fully saturated rings. The third-order valence-electron chi connectivity index (χ3n) is 5.28. The van der Waals surface area contributed by atoms with Crippen LogP contribution < -0.4 is 10.3 Å². The molecule has 2 aromatic carbocycles. The lowest BCUT2D eigenvalue weighted by Crippen LogP contribution is -2.43. The molecule has 1 saturated heterocycles. The zero-order valence-corrected chi connectivity index (χ0v) is 16.4. The van der Waals surface area contributed by atoms with E-state index in [1.165, 1.54) is 6.07 Å². The number of aromatic nitrogens is 4. The number of hydrogen-bond donors (Lipinski definition) is 0. The summed E-state index contributed by atoms with van der Waals surface area (Å²) in [5.74, 6) is 0.139. The molecule has 4 aromatic rings. The second-order valence-electron chi connectivity index (χ2n) is 7.20. The number of benzene rings is 2. The lowest BCUT2D eigenvalue weighted by Gasteiger charge is -2.31. The molecule has 1 aliphatic heterocycles. The van der Waals surface area contributed by atoms with Crippen LogP contribution in [0.25, 0.3) is 22.8 Å². The Balaban J connectivity index is 1.57. The van der Waals surface area contributed by atoms with Crippen LogP contribution in [0.4, 0.5) is 5.69 Å². The van der Waals surface area contributed by atoms with Crippen LogP contribution in [0.1, 0.15) is 12.0 Å². The Labute approximate surface area is 172 Å². The van der Waals surface area contributed by atoms with Crippen molar-refractivity contribution in [2.24, 2.45) is 0 Å². The molecule has 148 valence electrons. The number of anilines is 1. The Kier molecular flexibility index (Phi) is 4.28. The third-order valence-corrected chi connectivity index (χ3v) is 5.28. The van der Waals surface area contributed by atoms with Gasteiger partial charge in [0.25, 0.3) is 0 Å². The molecular weight excluding hydrogens is 378 g/mol. The highest BCUT2D eigenvalue weighted by Gasteiger charge is 2.25. The minimum absolute atomic E-state index is 0.139. The summed E-state index contributed by atoms with van der Waals surface area (Å²) in [5, 5.41) is 8.99. The molecular formula is C23H19N5O2. The number of rotatable bonds is 4. The zero-order chi connectivity index (χ0) is 20.7. The summed E-state index contributed by atoms with van der Waals surface area (Å²) in [4.78, 5) is 26.1. The molecule has 0 aliphatic carbocycles. The molecule has 0 N–H and O–H groups in total. The fourth-order valence-corrected chi connectivity index (χ4v) is 3.63. The van der Waals surface area contributed by atoms with Gasteiger partial charge in [-0.25, -0.2) is 9.36 Å². The summed E-state index contributed by atoms with van der Waals surface area (Å²) < 4.78 is 3.40. The number of aryl methyl sites for hydroxylation is 1. The quantitative estimate of drug-likeness (QED) is 0.496. The molecule has 0 bridgehead atoms. The van der Waals surface area contributed by atoms with Gasteiger partial charge < -0.3 is 4.90 Å². The minimum atomic E-state index is -0.176. The molecule has 0 radical (unpaired) electrons. The van der Waals surface area contributed by atoms with Gasteiger partial charge in [0.15, 0.2) is 5.69 Å². The smallest absolute Gasteiger partial charge is 0.228 e. The van der Waals surface area contributed by atoms with Gasteiger partial charge in [-0.1, -0.05) is 18.2 Å². The lowest BCUT2D eigenvalue weighted by molar-refractivity contribution is -0.122. The normalized spacial score (nSPS) is 13.4. The molecule has 30 heavy (non-hydrogen) atoms. The largest absolute Gasteiger partial charge is 0.312 e. The summed E-state index contributed by atoms with van der Waals surface area (Å²) in [6, 6.07) is 18.7. The number of β-lactam (4-membered cyclic amide) rings is 1. The van der Waals surface area contributed by atoms with Crippen molar-refractivity contribution < 1.29 is 4.79 Å². The van der Waals surface area contributed by atoms with Gasteiger partial charge in [-0.05, 0) is 48.9 Å². The molecule has 3 heterocycles. The summed E-state index contributed by atoms with van der Waals surface area (Å²) in [6.07, 6.45) is 3.91. The highest BCUT2D eigenvalue weighted by molar-refractivity contribution is 5.99. The Morgan fingerprint density at radius 3 is 2.47 bits per heavy atom. The van der Waals surface area contributed by atoms with Crippen LogP contribution in [0.15, 0.2) is 77.9 Å². The second kappa shape index (κ2) is 7.11. The maximum atomic E-state index is 12.6. The average Bonchev–Trinajstić information content (AvgIpc) is 3.24. The Morgan fingerprint density at radius 2 is 1.77 bits per heavy atom. The van der Waals surface area contributed by atoms with E-state index in [0.29, 0.717) is 17.8 Å². The summed E-state index contributed by atoms with van der Waals surface area (Å²) in [7, 11) is 0. The first-order valence-electron chi connectivity index (χ1n) is 9.73. The highest BCUT2D eigenvalue weighted by Crippen LogP contribution is 2.26. The minimum Gasteiger partial charge on any atom is -0.312 e. The topological polar surface area (TPSA) is 73.0 Å². The number of hydrogen-bond acceptors (Lipinski definition) is 4. The van der Waals surface area contributed by atoms with Crippen molar-refractivity contribution in [3.05, 3.63) is 88.8 Å². The lowest BCUT2D eigenvalue weighted by atomic mass is 10.1. The SMILES string of the molecule is Cc1cc(N2CCC2=O)ccc1-n1ccc(=O)c(-c2ccnn2-c2ccccc2)n1. The van der Waals surface area contributed by atoms with Crippen molar-refractivity contribution in [3.8, 4) is 22.8 Å². The number of para-hydroxylation sites is 1. The Hall–Kier alpha value is -4.00. The van der Waals surface area contributed by atoms with E-state index < -0.39 is 0 Å². The van der Waals surface area contributed by atoms with Crippen LogP contribution in [0.2, 0.25) is 0 Å². The van der Waals surface area contributed by atoms with Crippen LogP contribution >= 0.6 is 0 Å². The van der Waals surface area contributed by atoms with Crippen LogP contribution in [0.5, 0.6) is 0 Å². The first-order chi connectivity index (χ1) is 14.6. The van der Waals surface area contributed by atoms with Crippen LogP contribution in [-0.2, 0) is 4.79 Å². The van der Waals surface area contributed by atoms with E-state index >= 15 is 0 Å². The summed E-state index contributed by atoms with van der Waals surface area (Å²) >= 11 is 0. The van der Waals surface area contributed by atoms with E-state index in [1.807, 2.05) is 55.5 Å². The van der Waals surface area contributed by atoms with Gasteiger partial charge in [-0.15, -0.1) is 0 Å². The molecule has 0 atom stereocenters. The van der Waals surface area contributed by atoms with E-state index in [1.54, 1.807) is 32.7 Å². The molecule has 0 unspecified atom stereocenters. The van der Waals surface area contributed by atoms with Crippen molar-refractivity contribution >= 4 is 11.6 Å². The molecule has 7 heteroatoms. The van der Waals surface area contributed by atoms with Crippen LogP contribution in [0.3, 0.4) is 0 Å². The molecule has 5 rings (SSSR count). The van der Waals surface area contributed by atoms with Gasteiger partial charge in [0.05, 0.1) is 23.3 Å². The van der Waals surface area contributed by atoms with Crippen LogP contribution in [0, 0.1) is 6.92 Å². The van der Waals surface area contributed by atoms with Crippen molar-refractivity contribution in [1.29, 1.82) is 0 Å². The predicted octanol–water partition coefficient (Wildman–Crippen LogP) is 3.13. The van der Waals surface area contributed by atoms with Gasteiger partial charge in [-0.2, -0.15) is 10.2 Å². The molecule has 0 spiro atoms. The average molecular weight is 397 g/mol. The van der Waals surface area contributed by atoms with Gasteiger partial charge in [0.1, 0.15) is 0 Å². The number of nitrogens with zero attached hydrogens (tertiary/aromatic N) is 5. The van der Waals surface area contributed by atoms with E-state index in [-0.39, 0.29) is 11.3 Å². The third kappa shape index (κ3) is 3.00. The number of carbonyl (C=O) groups is 1. The van der Waals surface area contributed by atoms with Crippen molar-refractivity contribution in [1.82, 2.24) is 19.6 Å². The molecule has 7 nitrogen and oxygen atoms in total. The van der Waals surface area contributed by atoms with Crippen molar-refractivity contribution in [2.75, 3.05) is 11.4 Å². The molecule has 0 saturated carbocycles. The number of amides is 1. The molecule has 2 aromatic heterocycles. The Morgan fingerprint density at radius 1 is 0.933 bits per heavy atom. The fourth-order valence-electron chi connectivity index (χ4n) is 3.63. The highest BCUT2D eigenvalue weighted by atomic mass is 16.2. The first kappa shape index (κ1) is 18.1. The first-order valence-corrected chi connectivity index (χ1v) is 9.73. The van der Waals surface area contributed by atoms with Crippen molar-refractivity contribution in [2.45, 2.75) is 13.3 Å². The van der Waals surface area contributed by atoms with Gasteiger partial charge >= 0.3 is 0 Å².